The highest BCUT2D eigenvalue weighted by atomic mass is 16.6. The van der Waals surface area contributed by atoms with Gasteiger partial charge in [0.25, 0.3) is 0 Å². The van der Waals surface area contributed by atoms with E-state index in [1.807, 2.05) is 26.8 Å². The van der Waals surface area contributed by atoms with Crippen molar-refractivity contribution in [2.75, 3.05) is 66.0 Å². The van der Waals surface area contributed by atoms with Crippen molar-refractivity contribution in [2.45, 2.75) is 223 Å². The Balaban J connectivity index is 3.74. The smallest absolute Gasteiger partial charge is 0.329 e. The summed E-state index contributed by atoms with van der Waals surface area (Å²) in [5.74, 6) is -3.35. The van der Waals surface area contributed by atoms with Crippen LogP contribution in [0.5, 0.6) is 5.75 Å². The van der Waals surface area contributed by atoms with Gasteiger partial charge in [-0.3, -0.25) is 43.5 Å². The summed E-state index contributed by atoms with van der Waals surface area (Å²) in [6.07, 6.45) is 0.120. The molecule has 4 N–H and O–H groups in total. The van der Waals surface area contributed by atoms with Crippen LogP contribution in [0.25, 0.3) is 0 Å². The lowest BCUT2D eigenvalue weighted by Gasteiger charge is -2.35. The minimum absolute atomic E-state index is 0.00742. The maximum absolute atomic E-state index is 14.5. The zero-order valence-electron chi connectivity index (χ0n) is 52.2. The van der Waals surface area contributed by atoms with Gasteiger partial charge in [-0.05, 0) is 193 Å². The summed E-state index contributed by atoms with van der Waals surface area (Å²) in [4.78, 5) is 105. The monoisotopic (exact) mass is 1120 g/mol. The summed E-state index contributed by atoms with van der Waals surface area (Å²) in [5.41, 5.74) is 5.19. The summed E-state index contributed by atoms with van der Waals surface area (Å²) in [7, 11) is 1.64. The number of hydrogen-bond acceptors (Lipinski definition) is 18. The number of carbonyl (C=O) groups is 7. The average molecular weight is 1120 g/mol. The third kappa shape index (κ3) is 32.3. The van der Waals surface area contributed by atoms with Gasteiger partial charge >= 0.3 is 35.8 Å². The molecule has 0 fully saturated rings. The van der Waals surface area contributed by atoms with E-state index < -0.39 is 87.4 Å². The van der Waals surface area contributed by atoms with Crippen molar-refractivity contribution in [3.8, 4) is 5.75 Å². The standard InChI is InChI=1S/C58H101N7O14/c1-38-32-44(73-22)40(3)39(2)41(38)33-61-52(59)60-27-23-24-42(50(71)78-57(16,17)18)62-45(66)26-25-43(51(72)79-58(19,20)21)65(30-28-63(34-46(67)74-53(4,5)6)35-47(68)75-54(7,8)9)31-29-64(36-48(69)76-55(10,11)12)37-49(70)77-56(13,14)15/h32,42-43H,23-31,33-37H2,1-22H3,(H,62,66)(H3,59,60,61). The van der Waals surface area contributed by atoms with Crippen LogP contribution in [0.1, 0.15) is 173 Å². The van der Waals surface area contributed by atoms with Crippen molar-refractivity contribution in [3.05, 3.63) is 28.3 Å². The zero-order valence-corrected chi connectivity index (χ0v) is 52.2. The van der Waals surface area contributed by atoms with Gasteiger partial charge in [0.05, 0.1) is 39.8 Å². The van der Waals surface area contributed by atoms with E-state index in [2.05, 4.69) is 15.6 Å². The molecular formula is C58H101N7O14. The molecule has 2 unspecified atom stereocenters. The largest absolute Gasteiger partial charge is 0.496 e. The number of ether oxygens (including phenoxy) is 7. The molecule has 452 valence electrons. The molecule has 0 saturated carbocycles. The third-order valence-electron chi connectivity index (χ3n) is 11.1. The summed E-state index contributed by atoms with van der Waals surface area (Å²) in [5, 5.41) is 5.94. The number of guanidine groups is 1. The number of rotatable bonds is 28. The van der Waals surface area contributed by atoms with Crippen molar-refractivity contribution < 1.29 is 66.7 Å². The lowest BCUT2D eigenvalue weighted by molar-refractivity contribution is -0.165. The fourth-order valence-corrected chi connectivity index (χ4v) is 7.89. The predicted molar refractivity (Wildman–Crippen MR) is 304 cm³/mol. The third-order valence-corrected chi connectivity index (χ3v) is 11.1. The highest BCUT2D eigenvalue weighted by Gasteiger charge is 2.35. The topological polar surface area (TPSA) is 256 Å². The Hall–Kier alpha value is -5.54. The van der Waals surface area contributed by atoms with E-state index in [0.717, 1.165) is 28.0 Å². The molecule has 1 rings (SSSR count). The number of nitrogens with two attached hydrogens (primary N) is 1. The molecule has 1 aromatic carbocycles. The first-order chi connectivity index (χ1) is 35.9. The van der Waals surface area contributed by atoms with Crippen molar-refractivity contribution in [2.24, 2.45) is 10.7 Å². The van der Waals surface area contributed by atoms with Crippen LogP contribution in [0, 0.1) is 20.8 Å². The number of benzene rings is 1. The highest BCUT2D eigenvalue weighted by molar-refractivity contribution is 5.85. The SMILES string of the molecule is COc1cc(C)c(CN=C(N)NCCCC(NC(=O)CCC(C(=O)OC(C)(C)C)N(CCN(CC(=O)OC(C)(C)C)CC(=O)OC(C)(C)C)CCN(CC(=O)OC(C)(C)C)CC(=O)OC(C)(C)C)C(=O)OC(C)(C)C)c(C)c1C. The average Bonchev–Trinajstić information content (AvgIpc) is 3.22. The van der Waals surface area contributed by atoms with Crippen LogP contribution >= 0.6 is 0 Å². The summed E-state index contributed by atoms with van der Waals surface area (Å²) < 4.78 is 39.8. The van der Waals surface area contributed by atoms with E-state index in [-0.39, 0.29) is 77.6 Å². The second-order valence-electron chi connectivity index (χ2n) is 25.9. The van der Waals surface area contributed by atoms with Gasteiger partial charge < -0.3 is 49.5 Å². The molecule has 0 aromatic heterocycles. The van der Waals surface area contributed by atoms with Gasteiger partial charge in [0, 0.05) is 39.1 Å². The minimum atomic E-state index is -1.17. The Morgan fingerprint density at radius 1 is 0.557 bits per heavy atom. The van der Waals surface area contributed by atoms with Crippen LogP contribution in [0.4, 0.5) is 0 Å². The normalized spacial score (nSPS) is 13.6. The molecule has 0 aliphatic rings. The molecule has 1 amide bonds. The predicted octanol–water partition coefficient (Wildman–Crippen LogP) is 6.39. The fourth-order valence-electron chi connectivity index (χ4n) is 7.89. The van der Waals surface area contributed by atoms with Gasteiger partial charge in [-0.1, -0.05) is 0 Å². The van der Waals surface area contributed by atoms with Crippen LogP contribution in [0.3, 0.4) is 0 Å². The van der Waals surface area contributed by atoms with Gasteiger partial charge in [-0.2, -0.15) is 0 Å². The number of esters is 6. The molecule has 0 radical (unpaired) electrons. The first-order valence-electron chi connectivity index (χ1n) is 27.3. The summed E-state index contributed by atoms with van der Waals surface area (Å²) in [6, 6.07) is -0.281. The van der Waals surface area contributed by atoms with Gasteiger partial charge in [0.15, 0.2) is 5.96 Å². The van der Waals surface area contributed by atoms with Gasteiger partial charge in [0.1, 0.15) is 51.4 Å². The molecule has 0 heterocycles. The van der Waals surface area contributed by atoms with Crippen LogP contribution < -0.4 is 21.1 Å². The van der Waals surface area contributed by atoms with E-state index in [1.165, 1.54) is 9.80 Å². The van der Waals surface area contributed by atoms with E-state index in [0.29, 0.717) is 19.5 Å². The maximum atomic E-state index is 14.5. The quantitative estimate of drug-likeness (QED) is 0.0270. The van der Waals surface area contributed by atoms with Gasteiger partial charge in [-0.15, -0.1) is 0 Å². The van der Waals surface area contributed by atoms with Crippen molar-refractivity contribution in [3.63, 3.8) is 0 Å². The Bertz CT molecular complexity index is 2100. The molecule has 21 nitrogen and oxygen atoms in total. The Morgan fingerprint density at radius 2 is 0.949 bits per heavy atom. The molecule has 0 aliphatic heterocycles. The maximum Gasteiger partial charge on any atom is 0.329 e. The van der Waals surface area contributed by atoms with Crippen LogP contribution in [0.2, 0.25) is 0 Å². The second kappa shape index (κ2) is 30.9. The lowest BCUT2D eigenvalue weighted by atomic mass is 9.97. The molecule has 21 heteroatoms. The van der Waals surface area contributed by atoms with E-state index in [4.69, 9.17) is 38.9 Å². The molecule has 0 spiro atoms. The number of methoxy groups -OCH3 is 1. The summed E-state index contributed by atoms with van der Waals surface area (Å²) in [6.45, 7) is 36.3. The molecular weight excluding hydrogens is 1020 g/mol. The molecule has 0 bridgehead atoms. The zero-order chi connectivity index (χ0) is 61.1. The van der Waals surface area contributed by atoms with E-state index in [1.54, 1.807) is 137 Å². The molecule has 2 atom stereocenters. The number of nitrogens with zero attached hydrogens (tertiary/aromatic N) is 4. The number of hydrogen-bond donors (Lipinski definition) is 3. The Labute approximate surface area is 472 Å². The first kappa shape index (κ1) is 71.5. The van der Waals surface area contributed by atoms with Gasteiger partial charge in [0.2, 0.25) is 5.91 Å². The second-order valence-corrected chi connectivity index (χ2v) is 25.9. The number of aryl methyl sites for hydroxylation is 1. The number of carbonyl (C=O) groups excluding carboxylic acids is 7. The Kier molecular flexibility index (Phi) is 27.9. The van der Waals surface area contributed by atoms with Crippen LogP contribution in [0.15, 0.2) is 11.1 Å². The van der Waals surface area contributed by atoms with Gasteiger partial charge in [-0.25, -0.2) is 9.79 Å². The van der Waals surface area contributed by atoms with E-state index >= 15 is 0 Å². The highest BCUT2D eigenvalue weighted by Crippen LogP contribution is 2.28. The molecule has 79 heavy (non-hydrogen) atoms. The number of amides is 1. The van der Waals surface area contributed by atoms with Crippen LogP contribution in [-0.2, 0) is 68.5 Å². The fraction of sp³-hybridized carbons (Fsp3) is 0.759. The molecule has 1 aromatic rings. The summed E-state index contributed by atoms with van der Waals surface area (Å²) >= 11 is 0. The van der Waals surface area contributed by atoms with Crippen LogP contribution in [-0.4, -0.2) is 174 Å². The molecule has 0 saturated heterocycles. The number of aliphatic imine (C=N–C) groups is 1. The van der Waals surface area contributed by atoms with E-state index in [9.17, 15) is 33.6 Å². The Morgan fingerprint density at radius 3 is 1.33 bits per heavy atom. The minimum Gasteiger partial charge on any atom is -0.496 e. The van der Waals surface area contributed by atoms with Crippen molar-refractivity contribution in [1.82, 2.24) is 25.3 Å². The van der Waals surface area contributed by atoms with Crippen molar-refractivity contribution >= 4 is 47.7 Å². The first-order valence-corrected chi connectivity index (χ1v) is 27.3. The number of nitrogens with one attached hydrogen (secondary N) is 2. The lowest BCUT2D eigenvalue weighted by Crippen LogP contribution is -2.52. The molecule has 0 aliphatic carbocycles. The van der Waals surface area contributed by atoms with Crippen molar-refractivity contribution in [1.29, 1.82) is 0 Å².